The standard InChI is InChI=1S/C59H71F4N10O12PS/c1-58(2,3)35-9-7-32(8-10-35)25-42(56(81)71-23-19-33(20-24-71)28-65-40-6-4-5-38-39(40)29-72(55(38)80)44-15-18-50(75)69-52(44)77)67-51(76)41(13-17-49(64)74)66-53(78)45-14-12-37-21-22-70(31-48(60)61)30-43(57(82)73(37)45)68-54(79)47-27-34-26-36(11-16-46(34)87-47)59(62,63)86(83,84)85/h4-11,16,26-27,33,37,41-45,48,65H,12-15,17-25,28-31H2,1-3H3,(H2,64,74)(H,66,78)(H,67,76)(H,68,79)(H,69,75,77)(H2,83,84,85)/t37-,41+,42+,43+,44?,45+/m1/s1. The van der Waals surface area contributed by atoms with Crippen LogP contribution in [0, 0.1) is 5.92 Å². The third kappa shape index (κ3) is 14.7. The number of amides is 9. The maximum absolute atomic E-state index is 14.8. The average molecular weight is 1250 g/mol. The zero-order valence-electron chi connectivity index (χ0n) is 48.2. The third-order valence-electron chi connectivity index (χ3n) is 17.0. The molecule has 468 valence electrons. The molecule has 0 radical (unpaired) electrons. The van der Waals surface area contributed by atoms with E-state index >= 15 is 0 Å². The lowest BCUT2D eigenvalue weighted by atomic mass is 9.86. The second-order valence-corrected chi connectivity index (χ2v) is 26.8. The van der Waals surface area contributed by atoms with Crippen LogP contribution in [0.2, 0.25) is 0 Å². The van der Waals surface area contributed by atoms with Crippen molar-refractivity contribution in [3.63, 3.8) is 0 Å². The van der Waals surface area contributed by atoms with E-state index in [4.69, 9.17) is 5.73 Å². The number of alkyl halides is 4. The van der Waals surface area contributed by atoms with Crippen molar-refractivity contribution >= 4 is 87.9 Å². The minimum atomic E-state index is -5.94. The smallest absolute Gasteiger partial charge is 0.384 e. The van der Waals surface area contributed by atoms with Crippen molar-refractivity contribution in [2.45, 2.75) is 145 Å². The van der Waals surface area contributed by atoms with Gasteiger partial charge >= 0.3 is 13.3 Å². The number of benzene rings is 3. The monoisotopic (exact) mass is 1250 g/mol. The number of nitrogens with one attached hydrogen (secondary N) is 5. The summed E-state index contributed by atoms with van der Waals surface area (Å²) in [7, 11) is -5.94. The van der Waals surface area contributed by atoms with Gasteiger partial charge in [0.05, 0.1) is 11.4 Å². The summed E-state index contributed by atoms with van der Waals surface area (Å²) < 4.78 is 69.0. The van der Waals surface area contributed by atoms with Crippen LogP contribution < -0.4 is 32.3 Å². The predicted molar refractivity (Wildman–Crippen MR) is 311 cm³/mol. The zero-order chi connectivity index (χ0) is 62.9. The minimum Gasteiger partial charge on any atom is -0.384 e. The van der Waals surface area contributed by atoms with Crippen molar-refractivity contribution in [2.24, 2.45) is 11.7 Å². The van der Waals surface area contributed by atoms with Gasteiger partial charge in [-0.15, -0.1) is 11.3 Å². The molecule has 4 fully saturated rings. The highest BCUT2D eigenvalue weighted by molar-refractivity contribution is 7.52. The molecule has 9 amide bonds. The molecule has 0 saturated carbocycles. The van der Waals surface area contributed by atoms with E-state index in [1.165, 1.54) is 20.8 Å². The molecule has 22 nitrogen and oxygen atoms in total. The van der Waals surface area contributed by atoms with E-state index in [0.29, 0.717) is 43.6 Å². The lowest BCUT2D eigenvalue weighted by Crippen LogP contribution is -2.62. The van der Waals surface area contributed by atoms with Crippen LogP contribution >= 0.6 is 18.9 Å². The largest absolute Gasteiger partial charge is 0.399 e. The summed E-state index contributed by atoms with van der Waals surface area (Å²) in [6, 6.07) is 10.00. The molecule has 1 unspecified atom stereocenters. The van der Waals surface area contributed by atoms with Crippen LogP contribution in [-0.4, -0.2) is 164 Å². The Morgan fingerprint density at radius 3 is 2.24 bits per heavy atom. The number of carbonyl (C=O) groups excluding carboxylic acids is 9. The van der Waals surface area contributed by atoms with E-state index in [2.05, 4.69) is 47.4 Å². The van der Waals surface area contributed by atoms with Crippen LogP contribution in [-0.2, 0) is 62.2 Å². The number of nitrogens with two attached hydrogens (primary N) is 1. The van der Waals surface area contributed by atoms with Gasteiger partial charge < -0.3 is 51.5 Å². The Morgan fingerprint density at radius 1 is 0.862 bits per heavy atom. The van der Waals surface area contributed by atoms with Gasteiger partial charge in [0.25, 0.3) is 18.2 Å². The molecule has 5 aliphatic rings. The summed E-state index contributed by atoms with van der Waals surface area (Å²) in [5.41, 5.74) is 3.52. The summed E-state index contributed by atoms with van der Waals surface area (Å²) in [5, 5.41) is 14.0. The Kier molecular flexibility index (Phi) is 19.3. The van der Waals surface area contributed by atoms with E-state index in [1.807, 2.05) is 30.3 Å². The second kappa shape index (κ2) is 26.2. The first-order valence-corrected chi connectivity index (χ1v) is 31.4. The molecule has 0 bridgehead atoms. The van der Waals surface area contributed by atoms with Crippen LogP contribution in [0.25, 0.3) is 10.1 Å². The summed E-state index contributed by atoms with van der Waals surface area (Å²) in [6.07, 6.45) is -1.54. The van der Waals surface area contributed by atoms with Gasteiger partial charge in [0.15, 0.2) is 0 Å². The van der Waals surface area contributed by atoms with Crippen LogP contribution in [0.4, 0.5) is 23.2 Å². The Hall–Kier alpha value is -7.32. The van der Waals surface area contributed by atoms with Crippen molar-refractivity contribution in [1.29, 1.82) is 0 Å². The van der Waals surface area contributed by atoms with E-state index in [-0.39, 0.29) is 103 Å². The molecule has 9 N–H and O–H groups in total. The van der Waals surface area contributed by atoms with Gasteiger partial charge in [-0.2, -0.15) is 8.78 Å². The Bertz CT molecular complexity index is 3390. The maximum Gasteiger partial charge on any atom is 0.399 e. The molecule has 4 aromatic rings. The Morgan fingerprint density at radius 2 is 1.57 bits per heavy atom. The number of thiophene rings is 1. The van der Waals surface area contributed by atoms with Gasteiger partial charge in [-0.25, -0.2) is 8.78 Å². The number of halogens is 4. The number of piperidine rings is 2. The summed E-state index contributed by atoms with van der Waals surface area (Å²) in [5.74, 6) is -5.64. The van der Waals surface area contributed by atoms with Gasteiger partial charge in [-0.3, -0.25) is 57.9 Å². The first-order chi connectivity index (χ1) is 41.1. The predicted octanol–water partition coefficient (Wildman–Crippen LogP) is 4.44. The highest BCUT2D eigenvalue weighted by atomic mass is 32.1. The fourth-order valence-electron chi connectivity index (χ4n) is 12.2. The number of imide groups is 1. The molecule has 9 rings (SSSR count). The molecule has 6 heterocycles. The molecule has 0 spiro atoms. The van der Waals surface area contributed by atoms with Gasteiger partial charge in [-0.1, -0.05) is 57.2 Å². The average Bonchev–Trinajstić information content (AvgIpc) is 1.83. The van der Waals surface area contributed by atoms with Crippen molar-refractivity contribution in [3.8, 4) is 0 Å². The SMILES string of the molecule is CC(C)(C)c1ccc(C[C@H](NC(=O)[C@H](CCC(N)=O)NC(=O)[C@@H]2CC[C@@H]3CCN(CC(F)F)C[C@H](NC(=O)c4cc5cc(C(F)(F)P(=O)(O)O)ccc5s4)C(=O)N32)C(=O)N2CCC(CNc3cccc4c3CN(C3CCC(=O)NC3=O)C4=O)CC2)cc1. The number of hydrogen-bond acceptors (Lipinski definition) is 13. The van der Waals surface area contributed by atoms with E-state index in [9.17, 15) is 75.1 Å². The topological polar surface area (TPSA) is 310 Å². The first-order valence-electron chi connectivity index (χ1n) is 28.9. The molecule has 4 saturated heterocycles. The highest BCUT2D eigenvalue weighted by Gasteiger charge is 2.51. The molecule has 0 aliphatic carbocycles. The van der Waals surface area contributed by atoms with Gasteiger partial charge in [0.2, 0.25) is 41.4 Å². The van der Waals surface area contributed by atoms with Crippen LogP contribution in [0.3, 0.4) is 0 Å². The number of hydrogen-bond donors (Lipinski definition) is 8. The number of anilines is 1. The number of carbonyl (C=O) groups is 9. The van der Waals surface area contributed by atoms with Crippen LogP contribution in [0.15, 0.2) is 66.7 Å². The molecular weight excluding hydrogens is 1180 g/mol. The van der Waals surface area contributed by atoms with E-state index in [0.717, 1.165) is 46.4 Å². The van der Waals surface area contributed by atoms with Crippen molar-refractivity contribution in [3.05, 3.63) is 99.4 Å². The van der Waals surface area contributed by atoms with Gasteiger partial charge in [0, 0.05) is 91.7 Å². The van der Waals surface area contributed by atoms with Gasteiger partial charge in [0.1, 0.15) is 30.2 Å². The van der Waals surface area contributed by atoms with Crippen molar-refractivity contribution in [1.82, 2.24) is 40.9 Å². The maximum atomic E-state index is 14.8. The summed E-state index contributed by atoms with van der Waals surface area (Å²) >= 11 is 0.813. The zero-order valence-corrected chi connectivity index (χ0v) is 49.9. The molecule has 6 atom stereocenters. The van der Waals surface area contributed by atoms with Crippen molar-refractivity contribution < 1.29 is 75.1 Å². The lowest BCUT2D eigenvalue weighted by molar-refractivity contribution is -0.144. The first kappa shape index (κ1) is 64.2. The van der Waals surface area contributed by atoms with Crippen LogP contribution in [0.5, 0.6) is 0 Å². The van der Waals surface area contributed by atoms with E-state index in [1.54, 1.807) is 17.0 Å². The quantitative estimate of drug-likeness (QED) is 0.0345. The molecule has 1 aromatic heterocycles. The third-order valence-corrected chi connectivity index (χ3v) is 19.1. The fraction of sp³-hybridized carbons (Fsp3) is 0.508. The van der Waals surface area contributed by atoms with E-state index < -0.39 is 116 Å². The molecule has 3 aromatic carbocycles. The Labute approximate surface area is 502 Å². The normalized spacial score (nSPS) is 21.4. The number of primary amides is 1. The number of nitrogens with zero attached hydrogens (tertiary/aromatic N) is 4. The minimum absolute atomic E-state index is 0.0263. The van der Waals surface area contributed by atoms with Gasteiger partial charge in [-0.05, 0) is 103 Å². The summed E-state index contributed by atoms with van der Waals surface area (Å²) in [6.45, 7) is 6.34. The van der Waals surface area contributed by atoms with Crippen LogP contribution in [0.1, 0.15) is 121 Å². The highest BCUT2D eigenvalue weighted by Crippen LogP contribution is 2.59. The second-order valence-electron chi connectivity index (χ2n) is 24.1. The molecular formula is C59H71F4N10O12PS. The molecule has 5 aliphatic heterocycles. The Balaban J connectivity index is 0.890. The molecule has 87 heavy (non-hydrogen) atoms. The van der Waals surface area contributed by atoms with Crippen molar-refractivity contribution in [2.75, 3.05) is 44.6 Å². The summed E-state index contributed by atoms with van der Waals surface area (Å²) in [4.78, 5) is 147. The molecule has 28 heteroatoms. The fourth-order valence-corrected chi connectivity index (χ4v) is 13.6. The lowest BCUT2D eigenvalue weighted by Gasteiger charge is -2.39. The number of rotatable bonds is 20. The number of likely N-dealkylation sites (tertiary alicyclic amines) is 1. The number of fused-ring (bicyclic) bond motifs is 3.